The lowest BCUT2D eigenvalue weighted by Gasteiger charge is -2.11. The van der Waals surface area contributed by atoms with Crippen molar-refractivity contribution in [3.8, 4) is 5.75 Å². The summed E-state index contributed by atoms with van der Waals surface area (Å²) in [6.45, 7) is 1.83. The first-order chi connectivity index (χ1) is 13.8. The Morgan fingerprint density at radius 3 is 2.41 bits per heavy atom. The molecule has 1 aromatic heterocycles. The van der Waals surface area contributed by atoms with Gasteiger partial charge in [0, 0.05) is 6.20 Å². The zero-order valence-corrected chi connectivity index (χ0v) is 16.1. The van der Waals surface area contributed by atoms with Gasteiger partial charge in [-0.1, -0.05) is 29.8 Å². The number of hydrogen-bond acceptors (Lipinski definition) is 4. The maximum Gasteiger partial charge on any atom is 0.417 e. The highest BCUT2D eigenvalue weighted by Crippen LogP contribution is 2.31. The van der Waals surface area contributed by atoms with Gasteiger partial charge in [-0.15, -0.1) is 0 Å². The van der Waals surface area contributed by atoms with Crippen molar-refractivity contribution in [1.82, 2.24) is 4.98 Å². The topological polar surface area (TPSA) is 46.5 Å². The van der Waals surface area contributed by atoms with Crippen LogP contribution in [0.1, 0.15) is 23.7 Å². The Bertz CT molecular complexity index is 990. The van der Waals surface area contributed by atoms with Crippen molar-refractivity contribution in [1.29, 1.82) is 0 Å². The average molecular weight is 420 g/mol. The Kier molecular flexibility index (Phi) is 6.39. The van der Waals surface area contributed by atoms with Crippen LogP contribution in [0, 0.1) is 0 Å². The van der Waals surface area contributed by atoms with E-state index in [0.717, 1.165) is 29.2 Å². The molecule has 1 N–H and O–H groups in total. The number of pyridine rings is 1. The maximum atomic E-state index is 12.7. The minimum atomic E-state index is -4.49. The number of benzene rings is 2. The van der Waals surface area contributed by atoms with Crippen LogP contribution in [-0.2, 0) is 12.8 Å². The van der Waals surface area contributed by atoms with Crippen LogP contribution in [-0.4, -0.2) is 10.7 Å². The molecular formula is C21H17ClF3N3O. The molecule has 1 heterocycles. The molecule has 0 atom stereocenters. The first-order valence-corrected chi connectivity index (χ1v) is 9.01. The average Bonchev–Trinajstić information content (AvgIpc) is 2.71. The number of rotatable bonds is 6. The van der Waals surface area contributed by atoms with Crippen molar-refractivity contribution in [3.63, 3.8) is 0 Å². The molecule has 29 heavy (non-hydrogen) atoms. The second-order valence-corrected chi connectivity index (χ2v) is 6.55. The monoisotopic (exact) mass is 419 g/mol. The number of hydrazone groups is 1. The van der Waals surface area contributed by atoms with Crippen molar-refractivity contribution in [2.75, 3.05) is 5.43 Å². The smallest absolute Gasteiger partial charge is 0.417 e. The van der Waals surface area contributed by atoms with Gasteiger partial charge >= 0.3 is 6.18 Å². The number of halogens is 4. The van der Waals surface area contributed by atoms with E-state index in [1.54, 1.807) is 12.1 Å². The molecule has 0 aliphatic carbocycles. The minimum Gasteiger partial charge on any atom is -0.487 e. The van der Waals surface area contributed by atoms with Crippen LogP contribution in [0.2, 0.25) is 5.02 Å². The lowest BCUT2D eigenvalue weighted by atomic mass is 10.1. The summed E-state index contributed by atoms with van der Waals surface area (Å²) in [5.74, 6) is 0.537. The van der Waals surface area contributed by atoms with Crippen molar-refractivity contribution in [2.24, 2.45) is 5.10 Å². The van der Waals surface area contributed by atoms with Gasteiger partial charge < -0.3 is 4.74 Å². The Morgan fingerprint density at radius 2 is 1.79 bits per heavy atom. The zero-order valence-electron chi connectivity index (χ0n) is 15.4. The van der Waals surface area contributed by atoms with Crippen LogP contribution >= 0.6 is 11.6 Å². The van der Waals surface area contributed by atoms with Crippen LogP contribution < -0.4 is 10.2 Å². The lowest BCUT2D eigenvalue weighted by molar-refractivity contribution is -0.137. The SMILES string of the molecule is CC(=NNc1ccccc1)c1ccc(OCc2ncc(C(F)(F)F)cc2Cl)cc1. The molecule has 0 radical (unpaired) electrons. The Morgan fingerprint density at radius 1 is 1.10 bits per heavy atom. The second-order valence-electron chi connectivity index (χ2n) is 6.14. The highest BCUT2D eigenvalue weighted by atomic mass is 35.5. The third kappa shape index (κ3) is 5.71. The number of aromatic nitrogens is 1. The van der Waals surface area contributed by atoms with E-state index in [4.69, 9.17) is 16.3 Å². The molecule has 3 rings (SSSR count). The van der Waals surface area contributed by atoms with Gasteiger partial charge in [-0.25, -0.2) is 0 Å². The molecule has 8 heteroatoms. The molecule has 0 unspecified atom stereocenters. The third-order valence-electron chi connectivity index (χ3n) is 4.02. The molecule has 0 aliphatic heterocycles. The normalized spacial score (nSPS) is 12.0. The summed E-state index contributed by atoms with van der Waals surface area (Å²) in [5, 5.41) is 4.24. The van der Waals surface area contributed by atoms with Crippen LogP contribution in [0.4, 0.5) is 18.9 Å². The number of ether oxygens (including phenoxy) is 1. The largest absolute Gasteiger partial charge is 0.487 e. The Balaban J connectivity index is 1.61. The number of hydrogen-bond donors (Lipinski definition) is 1. The van der Waals surface area contributed by atoms with E-state index < -0.39 is 11.7 Å². The molecule has 150 valence electrons. The summed E-state index contributed by atoms with van der Waals surface area (Å²) < 4.78 is 43.6. The van der Waals surface area contributed by atoms with E-state index >= 15 is 0 Å². The number of para-hydroxylation sites is 1. The van der Waals surface area contributed by atoms with Gasteiger partial charge in [0.05, 0.1) is 27.7 Å². The van der Waals surface area contributed by atoms with E-state index in [1.165, 1.54) is 0 Å². The summed E-state index contributed by atoms with van der Waals surface area (Å²) in [6, 6.07) is 17.6. The van der Waals surface area contributed by atoms with Crippen LogP contribution in [0.15, 0.2) is 72.0 Å². The molecular weight excluding hydrogens is 403 g/mol. The Labute approximate surface area is 171 Å². The summed E-state index contributed by atoms with van der Waals surface area (Å²) in [7, 11) is 0. The van der Waals surface area contributed by atoms with Crippen LogP contribution in [0.3, 0.4) is 0 Å². The van der Waals surface area contributed by atoms with E-state index in [9.17, 15) is 13.2 Å². The number of nitrogens with one attached hydrogen (secondary N) is 1. The molecule has 0 amide bonds. The number of nitrogens with zero attached hydrogens (tertiary/aromatic N) is 2. The number of alkyl halides is 3. The maximum absolute atomic E-state index is 12.7. The minimum absolute atomic E-state index is 0.0427. The van der Waals surface area contributed by atoms with Gasteiger partial charge in [0.2, 0.25) is 0 Å². The van der Waals surface area contributed by atoms with Crippen molar-refractivity contribution < 1.29 is 17.9 Å². The third-order valence-corrected chi connectivity index (χ3v) is 4.35. The standard InChI is InChI=1S/C21H17ClF3N3O/c1-14(27-28-17-5-3-2-4-6-17)15-7-9-18(10-8-15)29-13-20-19(22)11-16(12-26-20)21(23,24)25/h2-12,28H,13H2,1H3. The fraction of sp³-hybridized carbons (Fsp3) is 0.143. The fourth-order valence-electron chi connectivity index (χ4n) is 2.40. The van der Waals surface area contributed by atoms with Crippen LogP contribution in [0.25, 0.3) is 0 Å². The van der Waals surface area contributed by atoms with Crippen molar-refractivity contribution >= 4 is 23.0 Å². The lowest BCUT2D eigenvalue weighted by Crippen LogP contribution is -2.08. The second kappa shape index (κ2) is 8.96. The van der Waals surface area contributed by atoms with Crippen molar-refractivity contribution in [3.05, 3.63) is 88.7 Å². The van der Waals surface area contributed by atoms with E-state index in [0.29, 0.717) is 5.75 Å². The molecule has 0 saturated carbocycles. The van der Waals surface area contributed by atoms with E-state index in [1.807, 2.05) is 49.4 Å². The Hall–Kier alpha value is -3.06. The molecule has 4 nitrogen and oxygen atoms in total. The fourth-order valence-corrected chi connectivity index (χ4v) is 2.62. The quantitative estimate of drug-likeness (QED) is 0.384. The highest BCUT2D eigenvalue weighted by Gasteiger charge is 2.31. The zero-order chi connectivity index (χ0) is 20.9. The predicted molar refractivity (Wildman–Crippen MR) is 107 cm³/mol. The van der Waals surface area contributed by atoms with Gasteiger partial charge in [0.25, 0.3) is 0 Å². The first kappa shape index (κ1) is 20.7. The predicted octanol–water partition coefficient (Wildman–Crippen LogP) is 6.17. The molecule has 0 aliphatic rings. The first-order valence-electron chi connectivity index (χ1n) is 8.63. The van der Waals surface area contributed by atoms with Gasteiger partial charge in [0.15, 0.2) is 0 Å². The summed E-state index contributed by atoms with van der Waals surface area (Å²) >= 11 is 5.89. The summed E-state index contributed by atoms with van der Waals surface area (Å²) in [5.41, 5.74) is 4.88. The highest BCUT2D eigenvalue weighted by molar-refractivity contribution is 6.31. The molecule has 0 spiro atoms. The molecule has 3 aromatic rings. The molecule has 0 fully saturated rings. The van der Waals surface area contributed by atoms with Gasteiger partial charge in [-0.2, -0.15) is 18.3 Å². The molecule has 0 bridgehead atoms. The molecule has 2 aromatic carbocycles. The van der Waals surface area contributed by atoms with Crippen LogP contribution in [0.5, 0.6) is 5.75 Å². The van der Waals surface area contributed by atoms with Crippen molar-refractivity contribution in [2.45, 2.75) is 19.7 Å². The van der Waals surface area contributed by atoms with E-state index in [2.05, 4.69) is 15.5 Å². The van der Waals surface area contributed by atoms with Gasteiger partial charge in [-0.3, -0.25) is 10.4 Å². The van der Waals surface area contributed by atoms with E-state index in [-0.39, 0.29) is 17.3 Å². The summed E-state index contributed by atoms with van der Waals surface area (Å²) in [6.07, 6.45) is -3.74. The van der Waals surface area contributed by atoms with Gasteiger partial charge in [0.1, 0.15) is 12.4 Å². The number of anilines is 1. The molecule has 0 saturated heterocycles. The van der Waals surface area contributed by atoms with Gasteiger partial charge in [-0.05, 0) is 55.0 Å². The summed E-state index contributed by atoms with van der Waals surface area (Å²) in [4.78, 5) is 3.75.